The fourth-order valence-electron chi connectivity index (χ4n) is 0.366. The summed E-state index contributed by atoms with van der Waals surface area (Å²) in [6.07, 6.45) is 0.907. The molecule has 0 rings (SSSR count). The first-order valence-electron chi connectivity index (χ1n) is 3.56. The average molecular weight is 157 g/mol. The molecule has 0 aromatic heterocycles. The summed E-state index contributed by atoms with van der Waals surface area (Å²) in [6, 6.07) is 0. The molecular weight excluding hydrogens is 144 g/mol. The Morgan fingerprint density at radius 1 is 1.36 bits per heavy atom. The topological polar surface area (TPSA) is 57.0 Å². The summed E-state index contributed by atoms with van der Waals surface area (Å²) in [5.41, 5.74) is 0.898. The van der Waals surface area contributed by atoms with Crippen LogP contribution in [0.5, 0.6) is 0 Å². The van der Waals surface area contributed by atoms with Crippen molar-refractivity contribution in [3.63, 3.8) is 0 Å². The van der Waals surface area contributed by atoms with Crippen molar-refractivity contribution in [1.29, 1.82) is 0 Å². The number of oxime groups is 1. The van der Waals surface area contributed by atoms with Gasteiger partial charge in [-0.2, -0.15) is 0 Å². The van der Waals surface area contributed by atoms with Crippen LogP contribution in [-0.4, -0.2) is 18.0 Å². The van der Waals surface area contributed by atoms with E-state index in [1.165, 1.54) is 0 Å². The van der Waals surface area contributed by atoms with E-state index >= 15 is 0 Å². The second-order valence-corrected chi connectivity index (χ2v) is 2.19. The molecule has 4 nitrogen and oxygen atoms in total. The molecule has 0 spiro atoms. The molecule has 0 aromatic rings. The Hall–Kier alpha value is -1.06. The van der Waals surface area contributed by atoms with Crippen LogP contribution >= 0.6 is 0 Å². The van der Waals surface area contributed by atoms with Crippen molar-refractivity contribution in [3.05, 3.63) is 5.21 Å². The van der Waals surface area contributed by atoms with Crippen molar-refractivity contribution >= 4 is 11.4 Å². The van der Waals surface area contributed by atoms with Crippen LogP contribution in [-0.2, 0) is 4.84 Å². The summed E-state index contributed by atoms with van der Waals surface area (Å²) in [4.78, 5) is 4.84. The lowest BCUT2D eigenvalue weighted by Crippen LogP contribution is -2.05. The van der Waals surface area contributed by atoms with Crippen molar-refractivity contribution in [2.75, 3.05) is 6.61 Å². The van der Waals surface area contributed by atoms with Crippen LogP contribution in [0.4, 0.5) is 0 Å². The molecule has 0 atom stereocenters. The molecule has 0 radical (unpaired) electrons. The quantitative estimate of drug-likeness (QED) is 0.354. The van der Waals surface area contributed by atoms with Gasteiger partial charge in [-0.3, -0.25) is 0 Å². The van der Waals surface area contributed by atoms with E-state index in [1.807, 2.05) is 6.92 Å². The second-order valence-electron chi connectivity index (χ2n) is 2.19. The third kappa shape index (κ3) is 4.36. The Kier molecular flexibility index (Phi) is 5.15. The second kappa shape index (κ2) is 5.70. The molecule has 11 heavy (non-hydrogen) atoms. The van der Waals surface area contributed by atoms with Gasteiger partial charge in [-0.15, -0.1) is 0 Å². The molecule has 0 fully saturated rings. The largest absolute Gasteiger partial charge is 0.792 e. The van der Waals surface area contributed by atoms with Gasteiger partial charge in [-0.05, 0) is 20.3 Å². The number of hydrogen-bond acceptors (Lipinski definition) is 4. The van der Waals surface area contributed by atoms with Crippen molar-refractivity contribution in [1.82, 2.24) is 0 Å². The molecule has 0 saturated carbocycles. The summed E-state index contributed by atoms with van der Waals surface area (Å²) in [5, 5.41) is 16.3. The Morgan fingerprint density at radius 2 is 2.00 bits per heavy atom. The van der Waals surface area contributed by atoms with Gasteiger partial charge in [0.25, 0.3) is 0 Å². The van der Waals surface area contributed by atoms with E-state index < -0.39 is 0 Å². The summed E-state index contributed by atoms with van der Waals surface area (Å²) in [5.74, 6) is 0. The van der Waals surface area contributed by atoms with E-state index in [4.69, 9.17) is 4.84 Å². The smallest absolute Gasteiger partial charge is 0.116 e. The zero-order valence-corrected chi connectivity index (χ0v) is 7.13. The first-order valence-corrected chi connectivity index (χ1v) is 3.56. The fraction of sp³-hybridized carbons (Fsp3) is 0.714. The fourth-order valence-corrected chi connectivity index (χ4v) is 0.366. The van der Waals surface area contributed by atoms with Gasteiger partial charge >= 0.3 is 0 Å². The van der Waals surface area contributed by atoms with E-state index in [0.29, 0.717) is 18.0 Å². The minimum Gasteiger partial charge on any atom is -0.792 e. The Balaban J connectivity index is 3.81. The maximum Gasteiger partial charge on any atom is 0.116 e. The SMILES string of the molecule is CCCO/N=C(C)/C(C)=N/[O-]. The molecule has 0 bridgehead atoms. The summed E-state index contributed by atoms with van der Waals surface area (Å²) < 4.78 is 0. The van der Waals surface area contributed by atoms with Gasteiger partial charge in [0.2, 0.25) is 0 Å². The maximum atomic E-state index is 9.96. The summed E-state index contributed by atoms with van der Waals surface area (Å²) >= 11 is 0. The first kappa shape index (κ1) is 9.94. The molecule has 0 N–H and O–H groups in total. The minimum absolute atomic E-state index is 0.362. The zero-order chi connectivity index (χ0) is 8.69. The zero-order valence-electron chi connectivity index (χ0n) is 7.13. The number of nitrogens with zero attached hydrogens (tertiary/aromatic N) is 2. The highest BCUT2D eigenvalue weighted by molar-refractivity contribution is 6.40. The monoisotopic (exact) mass is 157 g/mol. The van der Waals surface area contributed by atoms with Gasteiger partial charge in [-0.25, -0.2) is 0 Å². The first-order chi connectivity index (χ1) is 5.22. The molecule has 0 unspecified atom stereocenters. The number of hydrogen-bond donors (Lipinski definition) is 0. The van der Waals surface area contributed by atoms with Crippen LogP contribution in [0.15, 0.2) is 10.3 Å². The van der Waals surface area contributed by atoms with Gasteiger partial charge in [0, 0.05) is 0 Å². The van der Waals surface area contributed by atoms with Gasteiger partial charge in [0.05, 0.1) is 11.4 Å². The molecular formula is C7H13N2O2-. The molecule has 0 aliphatic heterocycles. The minimum atomic E-state index is 0.362. The van der Waals surface area contributed by atoms with E-state index in [-0.39, 0.29) is 0 Å². The van der Waals surface area contributed by atoms with Crippen molar-refractivity contribution in [2.45, 2.75) is 27.2 Å². The molecule has 0 saturated heterocycles. The Labute approximate surface area is 66.5 Å². The molecule has 0 aromatic carbocycles. The molecule has 0 aliphatic rings. The highest BCUT2D eigenvalue weighted by atomic mass is 16.6. The van der Waals surface area contributed by atoms with E-state index in [2.05, 4.69) is 10.3 Å². The van der Waals surface area contributed by atoms with E-state index in [9.17, 15) is 5.21 Å². The van der Waals surface area contributed by atoms with Gasteiger partial charge < -0.3 is 15.2 Å². The third-order valence-corrected chi connectivity index (χ3v) is 1.16. The van der Waals surface area contributed by atoms with E-state index in [1.54, 1.807) is 13.8 Å². The lowest BCUT2D eigenvalue weighted by Gasteiger charge is -2.01. The molecule has 0 amide bonds. The number of rotatable bonds is 4. The van der Waals surface area contributed by atoms with Crippen LogP contribution in [0.3, 0.4) is 0 Å². The van der Waals surface area contributed by atoms with Crippen molar-refractivity contribution < 1.29 is 4.84 Å². The molecule has 4 heteroatoms. The van der Waals surface area contributed by atoms with Crippen LogP contribution in [0, 0.1) is 5.21 Å². The van der Waals surface area contributed by atoms with Crippen LogP contribution in [0.2, 0.25) is 0 Å². The Morgan fingerprint density at radius 3 is 2.45 bits per heavy atom. The van der Waals surface area contributed by atoms with Crippen LogP contribution in [0.1, 0.15) is 27.2 Å². The normalized spacial score (nSPS) is 13.4. The summed E-state index contributed by atoms with van der Waals surface area (Å²) in [6.45, 7) is 5.84. The standard InChI is InChI=1S/C7H14N2O2/c1-4-5-11-9-7(3)6(2)8-10/h10H,4-5H2,1-3H3/p-1/b8-6+,9-7+. The Bertz CT molecular complexity index is 164. The maximum absolute atomic E-state index is 9.96. The molecule has 0 heterocycles. The van der Waals surface area contributed by atoms with Crippen LogP contribution in [0.25, 0.3) is 0 Å². The lowest BCUT2D eigenvalue weighted by molar-refractivity contribution is 0.145. The average Bonchev–Trinajstić information content (AvgIpc) is 2.03. The van der Waals surface area contributed by atoms with Crippen molar-refractivity contribution in [2.24, 2.45) is 10.3 Å². The van der Waals surface area contributed by atoms with Gasteiger partial charge in [-0.1, -0.05) is 12.1 Å². The van der Waals surface area contributed by atoms with Gasteiger partial charge in [0.15, 0.2) is 0 Å². The third-order valence-electron chi connectivity index (χ3n) is 1.16. The summed E-state index contributed by atoms with van der Waals surface area (Å²) in [7, 11) is 0. The molecule has 64 valence electrons. The molecule has 0 aliphatic carbocycles. The lowest BCUT2D eigenvalue weighted by atomic mass is 10.3. The van der Waals surface area contributed by atoms with Crippen LogP contribution < -0.4 is 0 Å². The van der Waals surface area contributed by atoms with Gasteiger partial charge in [0.1, 0.15) is 6.61 Å². The highest BCUT2D eigenvalue weighted by Gasteiger charge is 1.92. The highest BCUT2D eigenvalue weighted by Crippen LogP contribution is 1.87. The predicted molar refractivity (Wildman–Crippen MR) is 45.8 cm³/mol. The van der Waals surface area contributed by atoms with Crippen molar-refractivity contribution in [3.8, 4) is 0 Å². The van der Waals surface area contributed by atoms with E-state index in [0.717, 1.165) is 6.42 Å². The predicted octanol–water partition coefficient (Wildman–Crippen LogP) is 1.75.